The minimum absolute atomic E-state index is 0.122. The maximum Gasteiger partial charge on any atom is 0.228 e. The fourth-order valence-electron chi connectivity index (χ4n) is 3.97. The van der Waals surface area contributed by atoms with Gasteiger partial charge in [0.2, 0.25) is 11.8 Å². The number of carbonyl (C=O) groups excluding carboxylic acids is 2. The Hall–Kier alpha value is -1.95. The third-order valence-electron chi connectivity index (χ3n) is 5.36. The lowest BCUT2D eigenvalue weighted by atomic mass is 9.71. The third-order valence-corrected chi connectivity index (χ3v) is 5.36. The van der Waals surface area contributed by atoms with Crippen LogP contribution in [0.4, 0.5) is 0 Å². The van der Waals surface area contributed by atoms with Gasteiger partial charge < -0.3 is 14.9 Å². The lowest BCUT2D eigenvalue weighted by Gasteiger charge is -2.47. The number of carbonyl (C=O) groups is 2. The molecule has 2 saturated heterocycles. The first-order valence-corrected chi connectivity index (χ1v) is 8.60. The van der Waals surface area contributed by atoms with Crippen LogP contribution in [0.3, 0.4) is 0 Å². The van der Waals surface area contributed by atoms with Crippen LogP contribution < -0.4 is 0 Å². The van der Waals surface area contributed by atoms with E-state index >= 15 is 0 Å². The van der Waals surface area contributed by atoms with Crippen LogP contribution in [-0.2, 0) is 16.0 Å². The molecule has 1 atom stereocenters. The highest BCUT2D eigenvalue weighted by atomic mass is 16.3. The lowest BCUT2D eigenvalue weighted by Crippen LogP contribution is -2.56. The molecular formula is C18H25N3O3. The quantitative estimate of drug-likeness (QED) is 0.891. The van der Waals surface area contributed by atoms with Crippen LogP contribution in [0.15, 0.2) is 24.5 Å². The zero-order chi connectivity index (χ0) is 17.2. The molecule has 1 aromatic rings. The molecule has 1 aromatic heterocycles. The van der Waals surface area contributed by atoms with E-state index in [1.165, 1.54) is 0 Å². The molecule has 6 heteroatoms. The number of rotatable bonds is 3. The summed E-state index contributed by atoms with van der Waals surface area (Å²) in [7, 11) is 1.75. The molecule has 0 aromatic carbocycles. The number of nitrogens with zero attached hydrogens (tertiary/aromatic N) is 3. The largest absolute Gasteiger partial charge is 0.391 e. The average molecular weight is 331 g/mol. The predicted octanol–water partition coefficient (Wildman–Crippen LogP) is 0.846. The minimum Gasteiger partial charge on any atom is -0.391 e. The standard InChI is InChI=1S/C18H25N3O3/c1-20-13-15(22)12-18(17(20)24)6-10-21(11-7-18)16(23)3-2-14-4-8-19-9-5-14/h4-5,8-9,15,22H,2-3,6-7,10-13H2,1H3. The van der Waals surface area contributed by atoms with E-state index in [2.05, 4.69) is 4.98 Å². The number of likely N-dealkylation sites (tertiary alicyclic amines) is 2. The van der Waals surface area contributed by atoms with E-state index in [1.54, 1.807) is 24.3 Å². The molecule has 24 heavy (non-hydrogen) atoms. The number of aliphatic hydroxyl groups is 1. The van der Waals surface area contributed by atoms with Crippen molar-refractivity contribution in [1.29, 1.82) is 0 Å². The predicted molar refractivity (Wildman–Crippen MR) is 89.1 cm³/mol. The number of amides is 2. The van der Waals surface area contributed by atoms with Crippen molar-refractivity contribution in [2.24, 2.45) is 5.41 Å². The molecule has 2 fully saturated rings. The molecule has 0 aliphatic carbocycles. The summed E-state index contributed by atoms with van der Waals surface area (Å²) in [5.74, 6) is 0.260. The fourth-order valence-corrected chi connectivity index (χ4v) is 3.97. The van der Waals surface area contributed by atoms with Gasteiger partial charge in [0.25, 0.3) is 0 Å². The first-order chi connectivity index (χ1) is 11.5. The highest BCUT2D eigenvalue weighted by Crippen LogP contribution is 2.40. The molecule has 6 nitrogen and oxygen atoms in total. The number of aromatic nitrogens is 1. The second-order valence-electron chi connectivity index (χ2n) is 7.06. The zero-order valence-corrected chi connectivity index (χ0v) is 14.1. The third kappa shape index (κ3) is 3.43. The van der Waals surface area contributed by atoms with E-state index in [0.717, 1.165) is 5.56 Å². The topological polar surface area (TPSA) is 73.7 Å². The van der Waals surface area contributed by atoms with Crippen LogP contribution in [0.25, 0.3) is 0 Å². The Labute approximate surface area is 142 Å². The van der Waals surface area contributed by atoms with Gasteiger partial charge in [-0.2, -0.15) is 0 Å². The Bertz CT molecular complexity index is 597. The van der Waals surface area contributed by atoms with Gasteiger partial charge in [0.15, 0.2) is 0 Å². The van der Waals surface area contributed by atoms with Gasteiger partial charge in [0, 0.05) is 45.5 Å². The molecule has 3 rings (SSSR count). The number of aryl methyl sites for hydroxylation is 1. The number of hydrogen-bond donors (Lipinski definition) is 1. The van der Waals surface area contributed by atoms with Gasteiger partial charge >= 0.3 is 0 Å². The molecule has 3 heterocycles. The van der Waals surface area contributed by atoms with E-state index in [9.17, 15) is 14.7 Å². The van der Waals surface area contributed by atoms with Gasteiger partial charge in [-0.15, -0.1) is 0 Å². The molecule has 1 unspecified atom stereocenters. The van der Waals surface area contributed by atoms with E-state index < -0.39 is 11.5 Å². The van der Waals surface area contributed by atoms with Crippen molar-refractivity contribution < 1.29 is 14.7 Å². The second kappa shape index (κ2) is 6.89. The summed E-state index contributed by atoms with van der Waals surface area (Å²) in [5.41, 5.74) is 0.632. The second-order valence-corrected chi connectivity index (χ2v) is 7.06. The first-order valence-electron chi connectivity index (χ1n) is 8.60. The van der Waals surface area contributed by atoms with Crippen molar-refractivity contribution in [2.45, 2.75) is 38.2 Å². The lowest BCUT2D eigenvalue weighted by molar-refractivity contribution is -0.156. The van der Waals surface area contributed by atoms with E-state index in [1.807, 2.05) is 17.0 Å². The van der Waals surface area contributed by atoms with Gasteiger partial charge in [-0.25, -0.2) is 0 Å². The van der Waals surface area contributed by atoms with Gasteiger partial charge in [-0.05, 0) is 43.4 Å². The van der Waals surface area contributed by atoms with Crippen molar-refractivity contribution >= 4 is 11.8 Å². The molecule has 2 aliphatic rings. The summed E-state index contributed by atoms with van der Waals surface area (Å²) < 4.78 is 0. The molecule has 130 valence electrons. The highest BCUT2D eigenvalue weighted by molar-refractivity contribution is 5.84. The van der Waals surface area contributed by atoms with Crippen molar-refractivity contribution in [3.05, 3.63) is 30.1 Å². The maximum atomic E-state index is 12.5. The van der Waals surface area contributed by atoms with Gasteiger partial charge in [0.1, 0.15) is 0 Å². The van der Waals surface area contributed by atoms with Crippen molar-refractivity contribution in [3.63, 3.8) is 0 Å². The molecule has 1 N–H and O–H groups in total. The summed E-state index contributed by atoms with van der Waals surface area (Å²) in [6.07, 6.45) is 6.03. The number of hydrogen-bond acceptors (Lipinski definition) is 4. The minimum atomic E-state index is -0.478. The molecule has 2 amide bonds. The number of β-amino-alcohol motifs (C(OH)–C–C–N with tert-alkyl or cyclic N) is 1. The SMILES string of the molecule is CN1CC(O)CC2(CCN(C(=O)CCc3ccncc3)CC2)C1=O. The van der Waals surface area contributed by atoms with E-state index in [-0.39, 0.29) is 11.8 Å². The normalized spacial score (nSPS) is 23.6. The Morgan fingerprint density at radius 1 is 1.33 bits per heavy atom. The molecule has 0 bridgehead atoms. The molecule has 0 radical (unpaired) electrons. The van der Waals surface area contributed by atoms with Crippen LogP contribution in [0, 0.1) is 5.41 Å². The Kier molecular flexibility index (Phi) is 4.85. The maximum absolute atomic E-state index is 12.5. The van der Waals surface area contributed by atoms with Gasteiger partial charge in [0.05, 0.1) is 11.5 Å². The Balaban J connectivity index is 1.54. The van der Waals surface area contributed by atoms with Crippen LogP contribution in [0.5, 0.6) is 0 Å². The van der Waals surface area contributed by atoms with Crippen LogP contribution >= 0.6 is 0 Å². The van der Waals surface area contributed by atoms with Crippen molar-refractivity contribution in [3.8, 4) is 0 Å². The van der Waals surface area contributed by atoms with Crippen molar-refractivity contribution in [1.82, 2.24) is 14.8 Å². The Morgan fingerprint density at radius 2 is 2.00 bits per heavy atom. The number of pyridine rings is 1. The average Bonchev–Trinajstić information content (AvgIpc) is 2.59. The number of aliphatic hydroxyl groups excluding tert-OH is 1. The van der Waals surface area contributed by atoms with Crippen LogP contribution in [0.1, 0.15) is 31.2 Å². The number of piperidine rings is 2. The van der Waals surface area contributed by atoms with Crippen molar-refractivity contribution in [2.75, 3.05) is 26.7 Å². The summed E-state index contributed by atoms with van der Waals surface area (Å²) in [6, 6.07) is 3.85. The van der Waals surface area contributed by atoms with E-state index in [0.29, 0.717) is 51.7 Å². The zero-order valence-electron chi connectivity index (χ0n) is 14.1. The molecule has 1 spiro atoms. The molecule has 2 aliphatic heterocycles. The summed E-state index contributed by atoms with van der Waals surface area (Å²) >= 11 is 0. The first kappa shape index (κ1) is 16.9. The fraction of sp³-hybridized carbons (Fsp3) is 0.611. The summed E-state index contributed by atoms with van der Waals surface area (Å²) in [6.45, 7) is 1.61. The van der Waals surface area contributed by atoms with Crippen LogP contribution in [-0.4, -0.2) is 64.5 Å². The van der Waals surface area contributed by atoms with Crippen LogP contribution in [0.2, 0.25) is 0 Å². The smallest absolute Gasteiger partial charge is 0.228 e. The summed E-state index contributed by atoms with van der Waals surface area (Å²) in [5, 5.41) is 10.0. The van der Waals surface area contributed by atoms with Gasteiger partial charge in [-0.1, -0.05) is 0 Å². The molecule has 0 saturated carbocycles. The Morgan fingerprint density at radius 3 is 2.67 bits per heavy atom. The number of likely N-dealkylation sites (N-methyl/N-ethyl adjacent to an activating group) is 1. The molecular weight excluding hydrogens is 306 g/mol. The monoisotopic (exact) mass is 331 g/mol. The van der Waals surface area contributed by atoms with Gasteiger partial charge in [-0.3, -0.25) is 14.6 Å². The summed E-state index contributed by atoms with van der Waals surface area (Å²) in [4.78, 5) is 32.4. The highest BCUT2D eigenvalue weighted by Gasteiger charge is 2.47. The van der Waals surface area contributed by atoms with E-state index in [4.69, 9.17) is 0 Å².